The van der Waals surface area contributed by atoms with Gasteiger partial charge in [-0.25, -0.2) is 0 Å². The first-order chi connectivity index (χ1) is 12.4. The third-order valence-corrected chi connectivity index (χ3v) is 6.46. The Labute approximate surface area is 171 Å². The predicted molar refractivity (Wildman–Crippen MR) is 115 cm³/mol. The third-order valence-electron chi connectivity index (χ3n) is 4.58. The van der Waals surface area contributed by atoms with E-state index in [1.807, 2.05) is 38.1 Å². The lowest BCUT2D eigenvalue weighted by molar-refractivity contribution is -0.111. The van der Waals surface area contributed by atoms with E-state index in [4.69, 9.17) is 0 Å². The van der Waals surface area contributed by atoms with Gasteiger partial charge < -0.3 is 5.32 Å². The highest BCUT2D eigenvalue weighted by molar-refractivity contribution is 9.13. The highest BCUT2D eigenvalue weighted by atomic mass is 79.9. The number of allylic oxidation sites excluding steroid dienone is 3. The quantitative estimate of drug-likeness (QED) is 0.376. The predicted octanol–water partition coefficient (Wildman–Crippen LogP) is 6.76. The molecule has 2 aromatic rings. The van der Waals surface area contributed by atoms with Crippen LogP contribution in [0.2, 0.25) is 0 Å². The number of hydrogen-bond acceptors (Lipinski definition) is 1. The van der Waals surface area contributed by atoms with E-state index in [9.17, 15) is 4.79 Å². The van der Waals surface area contributed by atoms with Crippen LogP contribution in [0.15, 0.2) is 75.2 Å². The van der Waals surface area contributed by atoms with E-state index in [0.717, 1.165) is 32.2 Å². The van der Waals surface area contributed by atoms with Crippen LogP contribution < -0.4 is 5.32 Å². The molecule has 1 aliphatic rings. The fourth-order valence-corrected chi connectivity index (χ4v) is 3.61. The first kappa shape index (κ1) is 19.1. The number of rotatable bonds is 5. The van der Waals surface area contributed by atoms with Crippen molar-refractivity contribution in [3.8, 4) is 0 Å². The summed E-state index contributed by atoms with van der Waals surface area (Å²) in [6.45, 7) is 3.95. The molecule has 134 valence electrons. The van der Waals surface area contributed by atoms with Gasteiger partial charge in [0.05, 0.1) is 0 Å². The molecule has 0 aromatic heterocycles. The Kier molecular flexibility index (Phi) is 6.15. The van der Waals surface area contributed by atoms with Gasteiger partial charge in [-0.2, -0.15) is 0 Å². The number of carbonyl (C=O) groups excluding carboxylic acids is 1. The van der Waals surface area contributed by atoms with Crippen LogP contribution in [0, 0.1) is 12.8 Å². The third kappa shape index (κ3) is 4.95. The van der Waals surface area contributed by atoms with Gasteiger partial charge in [-0.15, -0.1) is 0 Å². The minimum absolute atomic E-state index is 0.0920. The molecule has 4 heteroatoms. The lowest BCUT2D eigenvalue weighted by Gasteiger charge is -2.05. The number of hydrogen-bond donors (Lipinski definition) is 1. The molecular weight excluding hydrogens is 454 g/mol. The van der Waals surface area contributed by atoms with Gasteiger partial charge in [0.1, 0.15) is 0 Å². The molecular formula is C22H21Br2NO. The van der Waals surface area contributed by atoms with Gasteiger partial charge in [0.25, 0.3) is 0 Å². The summed E-state index contributed by atoms with van der Waals surface area (Å²) in [5, 5.41) is 2.93. The molecule has 1 saturated carbocycles. The summed E-state index contributed by atoms with van der Waals surface area (Å²) in [7, 11) is 0. The second-order valence-electron chi connectivity index (χ2n) is 6.73. The molecule has 26 heavy (non-hydrogen) atoms. The Morgan fingerprint density at radius 1 is 1.15 bits per heavy atom. The molecule has 0 spiro atoms. The summed E-state index contributed by atoms with van der Waals surface area (Å²) in [4.78, 5) is 12.2. The molecule has 1 N–H and O–H groups in total. The second-order valence-corrected chi connectivity index (χ2v) is 8.44. The summed E-state index contributed by atoms with van der Waals surface area (Å²) in [5.74, 6) is 1.03. The van der Waals surface area contributed by atoms with Gasteiger partial charge in [0.15, 0.2) is 0 Å². The van der Waals surface area contributed by atoms with Crippen LogP contribution in [0.5, 0.6) is 0 Å². The molecule has 2 nitrogen and oxygen atoms in total. The smallest absolute Gasteiger partial charge is 0.248 e. The van der Waals surface area contributed by atoms with Crippen molar-refractivity contribution in [1.29, 1.82) is 0 Å². The van der Waals surface area contributed by atoms with E-state index in [2.05, 4.69) is 67.5 Å². The van der Waals surface area contributed by atoms with Crippen molar-refractivity contribution in [2.45, 2.75) is 26.2 Å². The van der Waals surface area contributed by atoms with E-state index in [-0.39, 0.29) is 5.91 Å². The summed E-state index contributed by atoms with van der Waals surface area (Å²) in [6.07, 6.45) is 7.08. The molecule has 2 atom stereocenters. The van der Waals surface area contributed by atoms with Crippen LogP contribution in [0.4, 0.5) is 5.69 Å². The van der Waals surface area contributed by atoms with Crippen molar-refractivity contribution < 1.29 is 4.79 Å². The Morgan fingerprint density at radius 2 is 1.92 bits per heavy atom. The molecule has 2 aromatic carbocycles. The lowest BCUT2D eigenvalue weighted by Crippen LogP contribution is -2.09. The van der Waals surface area contributed by atoms with Gasteiger partial charge in [0.2, 0.25) is 5.91 Å². The maximum atomic E-state index is 12.2. The molecule has 1 amide bonds. The molecule has 0 unspecified atom stereocenters. The number of para-hydroxylation sites is 1. The molecule has 0 bridgehead atoms. The highest BCUT2D eigenvalue weighted by Gasteiger charge is 2.36. The fourth-order valence-electron chi connectivity index (χ4n) is 2.97. The van der Waals surface area contributed by atoms with Crippen LogP contribution in [-0.2, 0) is 4.79 Å². The van der Waals surface area contributed by atoms with Gasteiger partial charge in [-0.05, 0) is 98.9 Å². The van der Waals surface area contributed by atoms with E-state index in [1.165, 1.54) is 5.56 Å². The van der Waals surface area contributed by atoms with Crippen molar-refractivity contribution in [2.24, 2.45) is 5.92 Å². The number of amides is 1. The van der Waals surface area contributed by atoms with Crippen LogP contribution >= 0.6 is 31.9 Å². The standard InChI is InChI=1S/C22H21Br2NO/c1-14(11-22(26)25-21-6-4-3-5-15(21)2)7-8-16-12-18(16)17-9-10-19(23)20(24)13-17/h3-11,13,16,18H,12H2,1-2H3,(H,25,26)/b8-7+,14-11+/t16-,18-/m1/s1. The molecule has 0 aliphatic heterocycles. The van der Waals surface area contributed by atoms with Crippen LogP contribution in [0.3, 0.4) is 0 Å². The topological polar surface area (TPSA) is 29.1 Å². The first-order valence-electron chi connectivity index (χ1n) is 8.62. The molecule has 3 rings (SSSR count). The molecule has 0 saturated heterocycles. The van der Waals surface area contributed by atoms with Crippen molar-refractivity contribution in [3.63, 3.8) is 0 Å². The minimum Gasteiger partial charge on any atom is -0.322 e. The zero-order chi connectivity index (χ0) is 18.7. The molecule has 1 aliphatic carbocycles. The van der Waals surface area contributed by atoms with Crippen LogP contribution in [0.25, 0.3) is 0 Å². The Balaban J connectivity index is 1.57. The summed E-state index contributed by atoms with van der Waals surface area (Å²) >= 11 is 7.07. The van der Waals surface area contributed by atoms with E-state index in [0.29, 0.717) is 11.8 Å². The molecule has 0 radical (unpaired) electrons. The van der Waals surface area contributed by atoms with Crippen molar-refractivity contribution in [2.75, 3.05) is 5.32 Å². The zero-order valence-corrected chi connectivity index (χ0v) is 18.0. The number of nitrogens with one attached hydrogen (secondary N) is 1. The van der Waals surface area contributed by atoms with Crippen LogP contribution in [-0.4, -0.2) is 5.91 Å². The van der Waals surface area contributed by atoms with E-state index < -0.39 is 0 Å². The number of anilines is 1. The van der Waals surface area contributed by atoms with Crippen LogP contribution in [0.1, 0.15) is 30.4 Å². The Hall–Kier alpha value is -1.65. The second kappa shape index (κ2) is 8.36. The fraction of sp³-hybridized carbons (Fsp3) is 0.227. The van der Waals surface area contributed by atoms with Gasteiger partial charge in [-0.1, -0.05) is 36.4 Å². The Bertz CT molecular complexity index is 885. The number of carbonyl (C=O) groups is 1. The van der Waals surface area contributed by atoms with Gasteiger partial charge in [-0.3, -0.25) is 4.79 Å². The number of halogens is 2. The molecule has 1 fully saturated rings. The highest BCUT2D eigenvalue weighted by Crippen LogP contribution is 2.49. The number of benzene rings is 2. The minimum atomic E-state index is -0.0920. The SMILES string of the molecule is CC(/C=C/[C@@H]1C[C@H]1c1ccc(Br)c(Br)c1)=C\C(=O)Nc1ccccc1C. The monoisotopic (exact) mass is 473 g/mol. The van der Waals surface area contributed by atoms with E-state index in [1.54, 1.807) is 6.08 Å². The first-order valence-corrected chi connectivity index (χ1v) is 10.2. The van der Waals surface area contributed by atoms with Crippen molar-refractivity contribution >= 4 is 43.5 Å². The average Bonchev–Trinajstić information content (AvgIpc) is 3.37. The van der Waals surface area contributed by atoms with Crippen molar-refractivity contribution in [1.82, 2.24) is 0 Å². The van der Waals surface area contributed by atoms with Gasteiger partial charge >= 0.3 is 0 Å². The van der Waals surface area contributed by atoms with Gasteiger partial charge in [0, 0.05) is 20.7 Å². The normalized spacial score (nSPS) is 19.6. The lowest BCUT2D eigenvalue weighted by atomic mass is 10.1. The maximum absolute atomic E-state index is 12.2. The summed E-state index contributed by atoms with van der Waals surface area (Å²) in [5.41, 5.74) is 4.23. The largest absolute Gasteiger partial charge is 0.322 e. The Morgan fingerprint density at radius 3 is 2.65 bits per heavy atom. The maximum Gasteiger partial charge on any atom is 0.248 e. The average molecular weight is 475 g/mol. The zero-order valence-electron chi connectivity index (χ0n) is 14.8. The van der Waals surface area contributed by atoms with E-state index >= 15 is 0 Å². The van der Waals surface area contributed by atoms with Crippen molar-refractivity contribution in [3.05, 3.63) is 86.3 Å². The molecule has 0 heterocycles. The summed E-state index contributed by atoms with van der Waals surface area (Å²) < 4.78 is 2.17. The summed E-state index contributed by atoms with van der Waals surface area (Å²) in [6, 6.07) is 14.2. The number of aryl methyl sites for hydroxylation is 1.